The van der Waals surface area contributed by atoms with Crippen molar-refractivity contribution in [3.05, 3.63) is 71.9 Å². The fraction of sp³-hybridized carbons (Fsp3) is 0.345. The second-order valence-corrected chi connectivity index (χ2v) is 10.3. The van der Waals surface area contributed by atoms with Gasteiger partial charge in [0.2, 0.25) is 0 Å². The first-order valence-corrected chi connectivity index (χ1v) is 12.9. The molecule has 1 aliphatic heterocycles. The molecule has 0 unspecified atom stereocenters. The van der Waals surface area contributed by atoms with Crippen molar-refractivity contribution in [2.45, 2.75) is 26.2 Å². The van der Waals surface area contributed by atoms with Crippen LogP contribution in [0, 0.1) is 11.8 Å². The van der Waals surface area contributed by atoms with Crippen molar-refractivity contribution < 1.29 is 18.8 Å². The molecular formula is C29H32N6O4. The lowest BCUT2D eigenvalue weighted by molar-refractivity contribution is 0.0322. The normalized spacial score (nSPS) is 14.0. The van der Waals surface area contributed by atoms with Crippen molar-refractivity contribution in [1.29, 1.82) is 0 Å². The number of ether oxygens (including phenoxy) is 2. The predicted octanol–water partition coefficient (Wildman–Crippen LogP) is 4.37. The van der Waals surface area contributed by atoms with Crippen LogP contribution in [0.15, 0.2) is 59.4 Å². The van der Waals surface area contributed by atoms with Crippen molar-refractivity contribution in [2.75, 3.05) is 50.1 Å². The fourth-order valence-corrected chi connectivity index (χ4v) is 3.97. The number of carbonyl (C=O) groups excluding carboxylic acids is 1. The summed E-state index contributed by atoms with van der Waals surface area (Å²) in [7, 11) is 0. The first kappa shape index (κ1) is 26.3. The van der Waals surface area contributed by atoms with Crippen LogP contribution >= 0.6 is 0 Å². The molecule has 3 aromatic heterocycles. The number of carbonyl (C=O) groups is 1. The van der Waals surface area contributed by atoms with E-state index in [-0.39, 0.29) is 5.41 Å². The van der Waals surface area contributed by atoms with E-state index < -0.39 is 6.03 Å². The molecule has 4 aromatic rings. The van der Waals surface area contributed by atoms with Crippen molar-refractivity contribution in [1.82, 2.24) is 19.4 Å². The monoisotopic (exact) mass is 528 g/mol. The van der Waals surface area contributed by atoms with Gasteiger partial charge in [0.05, 0.1) is 13.2 Å². The van der Waals surface area contributed by atoms with Gasteiger partial charge in [0.15, 0.2) is 5.82 Å². The average molecular weight is 529 g/mol. The number of amides is 2. The molecule has 0 spiro atoms. The van der Waals surface area contributed by atoms with E-state index in [9.17, 15) is 4.79 Å². The van der Waals surface area contributed by atoms with Gasteiger partial charge in [-0.25, -0.2) is 9.78 Å². The minimum absolute atomic E-state index is 0.190. The van der Waals surface area contributed by atoms with E-state index in [1.54, 1.807) is 18.2 Å². The van der Waals surface area contributed by atoms with E-state index in [2.05, 4.69) is 37.5 Å². The van der Waals surface area contributed by atoms with Gasteiger partial charge in [0.1, 0.15) is 29.5 Å². The molecule has 10 nitrogen and oxygen atoms in total. The quantitative estimate of drug-likeness (QED) is 0.358. The van der Waals surface area contributed by atoms with Crippen LogP contribution in [0.5, 0.6) is 5.75 Å². The van der Waals surface area contributed by atoms with Gasteiger partial charge in [-0.1, -0.05) is 31.8 Å². The maximum Gasteiger partial charge on any atom is 0.324 e. The van der Waals surface area contributed by atoms with Crippen LogP contribution in [-0.4, -0.2) is 64.9 Å². The SMILES string of the molecule is CC(C)(C)c1cc(NC(=O)Nc2ccc(C#Cc3cn4ccc(OCCN5CCOCC5)cc4n3)cc2)no1. The molecule has 0 bridgehead atoms. The molecule has 0 aliphatic carbocycles. The van der Waals surface area contributed by atoms with Gasteiger partial charge in [-0.05, 0) is 36.3 Å². The number of morpholine rings is 1. The smallest absolute Gasteiger partial charge is 0.324 e. The molecule has 1 aromatic carbocycles. The molecule has 4 heterocycles. The van der Waals surface area contributed by atoms with Crippen LogP contribution in [0.4, 0.5) is 16.3 Å². The topological polar surface area (TPSA) is 106 Å². The second kappa shape index (κ2) is 11.6. The lowest BCUT2D eigenvalue weighted by atomic mass is 9.93. The summed E-state index contributed by atoms with van der Waals surface area (Å²) in [6.45, 7) is 11.0. The zero-order chi connectivity index (χ0) is 27.2. The molecule has 39 heavy (non-hydrogen) atoms. The van der Waals surface area contributed by atoms with Crippen LogP contribution in [0.1, 0.15) is 37.8 Å². The van der Waals surface area contributed by atoms with Gasteiger partial charge in [0, 0.05) is 60.8 Å². The van der Waals surface area contributed by atoms with Gasteiger partial charge in [-0.15, -0.1) is 0 Å². The lowest BCUT2D eigenvalue weighted by Crippen LogP contribution is -2.38. The number of nitrogens with one attached hydrogen (secondary N) is 2. The van der Waals surface area contributed by atoms with E-state index in [0.29, 0.717) is 29.6 Å². The third-order valence-corrected chi connectivity index (χ3v) is 6.18. The molecule has 5 rings (SSSR count). The summed E-state index contributed by atoms with van der Waals surface area (Å²) in [6, 6.07) is 12.4. The molecule has 2 amide bonds. The van der Waals surface area contributed by atoms with Crippen LogP contribution in [0.3, 0.4) is 0 Å². The first-order valence-electron chi connectivity index (χ1n) is 12.9. The Bertz CT molecular complexity index is 1480. The predicted molar refractivity (Wildman–Crippen MR) is 148 cm³/mol. The van der Waals surface area contributed by atoms with E-state index in [1.165, 1.54) is 0 Å². The van der Waals surface area contributed by atoms with Gasteiger partial charge in [-0.2, -0.15) is 0 Å². The number of imidazole rings is 1. The van der Waals surface area contributed by atoms with Crippen LogP contribution in [-0.2, 0) is 10.2 Å². The molecule has 2 N–H and O–H groups in total. The molecule has 0 radical (unpaired) electrons. The molecule has 202 valence electrons. The van der Waals surface area contributed by atoms with Crippen molar-refractivity contribution in [3.8, 4) is 17.6 Å². The summed E-state index contributed by atoms with van der Waals surface area (Å²) < 4.78 is 18.5. The lowest BCUT2D eigenvalue weighted by Gasteiger charge is -2.26. The van der Waals surface area contributed by atoms with Crippen molar-refractivity contribution >= 4 is 23.2 Å². The summed E-state index contributed by atoms with van der Waals surface area (Å²) in [5.41, 5.74) is 2.67. The summed E-state index contributed by atoms with van der Waals surface area (Å²) in [4.78, 5) is 19.3. The highest BCUT2D eigenvalue weighted by Crippen LogP contribution is 2.24. The Hall–Kier alpha value is -4.33. The zero-order valence-corrected chi connectivity index (χ0v) is 22.4. The average Bonchev–Trinajstić information content (AvgIpc) is 3.55. The van der Waals surface area contributed by atoms with Gasteiger partial charge >= 0.3 is 6.03 Å². The van der Waals surface area contributed by atoms with Gasteiger partial charge in [0.25, 0.3) is 0 Å². The number of pyridine rings is 1. The Morgan fingerprint density at radius 2 is 1.87 bits per heavy atom. The summed E-state index contributed by atoms with van der Waals surface area (Å²) in [6.07, 6.45) is 3.81. The van der Waals surface area contributed by atoms with Crippen LogP contribution in [0.25, 0.3) is 5.65 Å². The Labute approximate surface area is 227 Å². The molecule has 0 saturated carbocycles. The van der Waals surface area contributed by atoms with Crippen LogP contribution < -0.4 is 15.4 Å². The third-order valence-electron chi connectivity index (χ3n) is 6.18. The Kier molecular flexibility index (Phi) is 7.81. The maximum atomic E-state index is 12.3. The third kappa shape index (κ3) is 7.16. The second-order valence-electron chi connectivity index (χ2n) is 10.3. The molecule has 1 saturated heterocycles. The Morgan fingerprint density at radius 3 is 2.62 bits per heavy atom. The largest absolute Gasteiger partial charge is 0.492 e. The number of aromatic nitrogens is 3. The maximum absolute atomic E-state index is 12.3. The highest BCUT2D eigenvalue weighted by Gasteiger charge is 2.20. The van der Waals surface area contributed by atoms with Crippen molar-refractivity contribution in [2.24, 2.45) is 0 Å². The van der Waals surface area contributed by atoms with E-state index in [1.807, 2.05) is 61.8 Å². The minimum Gasteiger partial charge on any atom is -0.492 e. The molecule has 10 heteroatoms. The number of rotatable bonds is 6. The number of anilines is 2. The summed E-state index contributed by atoms with van der Waals surface area (Å²) in [5.74, 6) is 8.06. The number of hydrogen-bond acceptors (Lipinski definition) is 7. The number of nitrogens with zero attached hydrogens (tertiary/aromatic N) is 4. The molecular weight excluding hydrogens is 496 g/mol. The highest BCUT2D eigenvalue weighted by molar-refractivity contribution is 5.99. The standard InChI is InChI=1S/C29H32N6O4/c1-29(2,3)25-19-26(33-39-25)32-28(36)31-22-7-4-21(5-8-22)6-9-23-20-35-11-10-24(18-27(35)30-23)38-17-14-34-12-15-37-16-13-34/h4-5,7-8,10-11,18-20H,12-17H2,1-3H3,(H2,31,32,33,36). The Morgan fingerprint density at radius 1 is 1.08 bits per heavy atom. The number of fused-ring (bicyclic) bond motifs is 1. The molecule has 1 aliphatic rings. The van der Waals surface area contributed by atoms with Gasteiger partial charge < -0.3 is 23.7 Å². The van der Waals surface area contributed by atoms with Gasteiger partial charge in [-0.3, -0.25) is 10.2 Å². The van der Waals surface area contributed by atoms with Crippen molar-refractivity contribution in [3.63, 3.8) is 0 Å². The first-order chi connectivity index (χ1) is 18.8. The summed E-state index contributed by atoms with van der Waals surface area (Å²) in [5, 5.41) is 9.35. The summed E-state index contributed by atoms with van der Waals surface area (Å²) >= 11 is 0. The minimum atomic E-state index is -0.406. The zero-order valence-electron chi connectivity index (χ0n) is 22.4. The van der Waals surface area contributed by atoms with E-state index in [4.69, 9.17) is 14.0 Å². The van der Waals surface area contributed by atoms with Crippen LogP contribution in [0.2, 0.25) is 0 Å². The molecule has 0 atom stereocenters. The fourth-order valence-electron chi connectivity index (χ4n) is 3.97. The van der Waals surface area contributed by atoms with E-state index in [0.717, 1.165) is 49.8 Å². The number of hydrogen-bond donors (Lipinski definition) is 2. The highest BCUT2D eigenvalue weighted by atomic mass is 16.5. The molecule has 1 fully saturated rings. The number of benzene rings is 1. The Balaban J connectivity index is 1.14. The van der Waals surface area contributed by atoms with E-state index >= 15 is 0 Å². The number of urea groups is 1.